The molecule has 21 heavy (non-hydrogen) atoms. The first-order valence-corrected chi connectivity index (χ1v) is 8.85. The zero-order valence-corrected chi connectivity index (χ0v) is 13.1. The lowest BCUT2D eigenvalue weighted by molar-refractivity contribution is 0.188. The standard InChI is InChI=1S/C17H23F2NS/c18-16(19)21-15-6-2-1-5-14(15)20-13-7-11-17(12-8-13)9-3-4-10-17/h1-2,5-6,13,16,20H,3-4,7-12H2. The van der Waals surface area contributed by atoms with Gasteiger partial charge in [0.25, 0.3) is 5.76 Å². The van der Waals surface area contributed by atoms with Crippen LogP contribution in [0.2, 0.25) is 0 Å². The normalized spacial score (nSPS) is 22.0. The van der Waals surface area contributed by atoms with Gasteiger partial charge in [0.05, 0.1) is 0 Å². The van der Waals surface area contributed by atoms with Crippen LogP contribution in [0.1, 0.15) is 51.4 Å². The lowest BCUT2D eigenvalue weighted by Gasteiger charge is -2.38. The molecule has 0 saturated heterocycles. The van der Waals surface area contributed by atoms with E-state index in [2.05, 4.69) is 5.32 Å². The summed E-state index contributed by atoms with van der Waals surface area (Å²) in [6.45, 7) is 0. The quantitative estimate of drug-likeness (QED) is 0.693. The third-order valence-electron chi connectivity index (χ3n) is 5.17. The summed E-state index contributed by atoms with van der Waals surface area (Å²) in [4.78, 5) is 0.661. The fourth-order valence-corrected chi connectivity index (χ4v) is 4.61. The van der Waals surface area contributed by atoms with Crippen LogP contribution in [0, 0.1) is 5.41 Å². The molecule has 3 rings (SSSR count). The number of benzene rings is 1. The van der Waals surface area contributed by atoms with Gasteiger partial charge in [-0.2, -0.15) is 8.78 Å². The van der Waals surface area contributed by atoms with Crippen molar-refractivity contribution in [2.75, 3.05) is 5.32 Å². The largest absolute Gasteiger partial charge is 0.381 e. The van der Waals surface area contributed by atoms with Crippen molar-refractivity contribution in [3.05, 3.63) is 24.3 Å². The van der Waals surface area contributed by atoms with Crippen LogP contribution in [-0.4, -0.2) is 11.8 Å². The first kappa shape index (κ1) is 15.1. The molecular formula is C17H23F2NS. The van der Waals surface area contributed by atoms with Crippen molar-refractivity contribution in [2.45, 2.75) is 68.1 Å². The predicted molar refractivity (Wildman–Crippen MR) is 85.1 cm³/mol. The number of anilines is 1. The number of halogens is 2. The Hall–Kier alpha value is -0.770. The summed E-state index contributed by atoms with van der Waals surface area (Å²) in [5.74, 6) is -2.36. The highest BCUT2D eigenvalue weighted by Crippen LogP contribution is 2.49. The molecule has 2 fully saturated rings. The highest BCUT2D eigenvalue weighted by molar-refractivity contribution is 7.99. The Kier molecular flexibility index (Phi) is 4.72. The monoisotopic (exact) mass is 311 g/mol. The minimum absolute atomic E-state index is 0.440. The van der Waals surface area contributed by atoms with Gasteiger partial charge in [-0.15, -0.1) is 0 Å². The summed E-state index contributed by atoms with van der Waals surface area (Å²) in [6, 6.07) is 7.88. The molecule has 0 atom stereocenters. The van der Waals surface area contributed by atoms with Gasteiger partial charge in [-0.3, -0.25) is 0 Å². The molecule has 2 aliphatic rings. The summed E-state index contributed by atoms with van der Waals surface area (Å²) in [7, 11) is 0. The van der Waals surface area contributed by atoms with E-state index in [4.69, 9.17) is 0 Å². The van der Waals surface area contributed by atoms with Crippen molar-refractivity contribution in [2.24, 2.45) is 5.41 Å². The van der Waals surface area contributed by atoms with Crippen LogP contribution in [0.15, 0.2) is 29.2 Å². The van der Waals surface area contributed by atoms with Crippen LogP contribution in [0.3, 0.4) is 0 Å². The average Bonchev–Trinajstić information content (AvgIpc) is 2.92. The summed E-state index contributed by atoms with van der Waals surface area (Å²) < 4.78 is 25.2. The maximum absolute atomic E-state index is 12.6. The van der Waals surface area contributed by atoms with Gasteiger partial charge in [0.1, 0.15) is 0 Å². The molecule has 2 aliphatic carbocycles. The van der Waals surface area contributed by atoms with E-state index < -0.39 is 5.76 Å². The Labute approximate surface area is 129 Å². The van der Waals surface area contributed by atoms with Gasteiger partial charge >= 0.3 is 0 Å². The minimum atomic E-state index is -2.36. The van der Waals surface area contributed by atoms with Gasteiger partial charge in [0.15, 0.2) is 0 Å². The van der Waals surface area contributed by atoms with Gasteiger partial charge in [0.2, 0.25) is 0 Å². The Morgan fingerprint density at radius 3 is 2.38 bits per heavy atom. The third kappa shape index (κ3) is 3.71. The van der Waals surface area contributed by atoms with E-state index in [1.165, 1.54) is 51.4 Å². The van der Waals surface area contributed by atoms with Crippen molar-refractivity contribution in [3.8, 4) is 0 Å². The summed E-state index contributed by atoms with van der Waals surface area (Å²) >= 11 is 0.637. The minimum Gasteiger partial charge on any atom is -0.381 e. The van der Waals surface area contributed by atoms with Gasteiger partial charge in [0, 0.05) is 16.6 Å². The molecule has 0 heterocycles. The van der Waals surface area contributed by atoms with Crippen molar-refractivity contribution in [1.82, 2.24) is 0 Å². The Bertz CT molecular complexity index is 462. The molecule has 0 amide bonds. The number of thioether (sulfide) groups is 1. The molecule has 1 aromatic rings. The lowest BCUT2D eigenvalue weighted by Crippen LogP contribution is -2.31. The van der Waals surface area contributed by atoms with Crippen molar-refractivity contribution < 1.29 is 8.78 Å². The van der Waals surface area contributed by atoms with E-state index in [1.807, 2.05) is 18.2 Å². The average molecular weight is 311 g/mol. The Morgan fingerprint density at radius 2 is 1.71 bits per heavy atom. The number of para-hydroxylation sites is 1. The van der Waals surface area contributed by atoms with Crippen molar-refractivity contribution in [3.63, 3.8) is 0 Å². The molecule has 0 aliphatic heterocycles. The Balaban J connectivity index is 1.60. The maximum atomic E-state index is 12.6. The lowest BCUT2D eigenvalue weighted by atomic mass is 9.71. The first-order chi connectivity index (χ1) is 10.2. The fraction of sp³-hybridized carbons (Fsp3) is 0.647. The molecule has 0 bridgehead atoms. The summed E-state index contributed by atoms with van der Waals surface area (Å²) in [5.41, 5.74) is 1.49. The molecule has 116 valence electrons. The smallest absolute Gasteiger partial charge is 0.288 e. The highest BCUT2D eigenvalue weighted by Gasteiger charge is 2.37. The highest BCUT2D eigenvalue weighted by atomic mass is 32.2. The van der Waals surface area contributed by atoms with Crippen molar-refractivity contribution >= 4 is 17.4 Å². The predicted octanol–water partition coefficient (Wildman–Crippen LogP) is 5.92. The van der Waals surface area contributed by atoms with Gasteiger partial charge < -0.3 is 5.32 Å². The van der Waals surface area contributed by atoms with Crippen LogP contribution in [0.4, 0.5) is 14.5 Å². The van der Waals surface area contributed by atoms with E-state index >= 15 is 0 Å². The molecule has 2 saturated carbocycles. The second-order valence-electron chi connectivity index (χ2n) is 6.50. The number of rotatable bonds is 4. The van der Waals surface area contributed by atoms with E-state index in [0.29, 0.717) is 28.1 Å². The number of hydrogen-bond acceptors (Lipinski definition) is 2. The summed E-state index contributed by atoms with van der Waals surface area (Å²) in [6.07, 6.45) is 10.5. The van der Waals surface area contributed by atoms with Crippen LogP contribution in [0.5, 0.6) is 0 Å². The number of nitrogens with one attached hydrogen (secondary N) is 1. The van der Waals surface area contributed by atoms with Crippen LogP contribution in [0.25, 0.3) is 0 Å². The van der Waals surface area contributed by atoms with Gasteiger partial charge in [-0.05, 0) is 56.1 Å². The number of hydrogen-bond donors (Lipinski definition) is 1. The first-order valence-electron chi connectivity index (χ1n) is 7.97. The van der Waals surface area contributed by atoms with Gasteiger partial charge in [-0.25, -0.2) is 0 Å². The zero-order chi connectivity index (χ0) is 14.7. The summed E-state index contributed by atoms with van der Waals surface area (Å²) in [5, 5.41) is 3.51. The van der Waals surface area contributed by atoms with E-state index in [9.17, 15) is 8.78 Å². The van der Waals surface area contributed by atoms with Crippen LogP contribution in [-0.2, 0) is 0 Å². The number of alkyl halides is 2. The molecule has 1 N–H and O–H groups in total. The SMILES string of the molecule is FC(F)Sc1ccccc1NC1CCC2(CCCC2)CC1. The molecule has 1 nitrogen and oxygen atoms in total. The molecule has 0 aromatic heterocycles. The molecule has 0 radical (unpaired) electrons. The van der Waals surface area contributed by atoms with Crippen LogP contribution >= 0.6 is 11.8 Å². The second-order valence-corrected chi connectivity index (χ2v) is 7.53. The van der Waals surface area contributed by atoms with Gasteiger partial charge in [-0.1, -0.05) is 36.7 Å². The molecule has 0 unspecified atom stereocenters. The van der Waals surface area contributed by atoms with E-state index in [0.717, 1.165) is 5.69 Å². The molecule has 1 aromatic carbocycles. The zero-order valence-electron chi connectivity index (χ0n) is 12.3. The topological polar surface area (TPSA) is 12.0 Å². The Morgan fingerprint density at radius 1 is 1.05 bits per heavy atom. The maximum Gasteiger partial charge on any atom is 0.288 e. The third-order valence-corrected chi connectivity index (χ3v) is 5.96. The molecular weight excluding hydrogens is 288 g/mol. The molecule has 4 heteroatoms. The van der Waals surface area contributed by atoms with E-state index in [1.54, 1.807) is 6.07 Å². The molecule has 1 spiro atoms. The van der Waals surface area contributed by atoms with E-state index in [-0.39, 0.29) is 0 Å². The fourth-order valence-electron chi connectivity index (χ4n) is 4.00. The van der Waals surface area contributed by atoms with Crippen molar-refractivity contribution in [1.29, 1.82) is 0 Å². The second kappa shape index (κ2) is 6.55. The van der Waals surface area contributed by atoms with Crippen LogP contribution < -0.4 is 5.32 Å².